The van der Waals surface area contributed by atoms with E-state index in [1.165, 1.54) is 31.4 Å². The van der Waals surface area contributed by atoms with Gasteiger partial charge in [-0.05, 0) is 51.1 Å². The Labute approximate surface area is 174 Å². The summed E-state index contributed by atoms with van der Waals surface area (Å²) in [4.78, 5) is 9.71. The van der Waals surface area contributed by atoms with E-state index in [4.69, 9.17) is 4.52 Å². The zero-order valence-corrected chi connectivity index (χ0v) is 17.9. The van der Waals surface area contributed by atoms with E-state index in [1.54, 1.807) is 0 Å². The number of aryl methyl sites for hydroxylation is 2. The van der Waals surface area contributed by atoms with Crippen molar-refractivity contribution in [2.24, 2.45) is 10.9 Å². The molecule has 4 rings (SSSR count). The van der Waals surface area contributed by atoms with Gasteiger partial charge >= 0.3 is 0 Å². The van der Waals surface area contributed by atoms with Gasteiger partial charge in [-0.1, -0.05) is 35.5 Å². The fourth-order valence-electron chi connectivity index (χ4n) is 4.97. The van der Waals surface area contributed by atoms with Crippen molar-refractivity contribution < 1.29 is 4.52 Å². The standard InChI is InChI=1S/C23H33N5O/c1-17-21(18(2)29-26-17)14-25-23(24-3)28-13-11-22-20(16-28)10-7-12-27(22)15-19-8-5-4-6-9-19/h4-6,8-9,20,22H,7,10-16H2,1-3H3,(H,24,25). The molecule has 2 aliphatic rings. The molecule has 0 aliphatic carbocycles. The number of aliphatic imine (C=N–C) groups is 1. The van der Waals surface area contributed by atoms with E-state index in [-0.39, 0.29) is 0 Å². The monoisotopic (exact) mass is 395 g/mol. The highest BCUT2D eigenvalue weighted by atomic mass is 16.5. The van der Waals surface area contributed by atoms with Crippen LogP contribution < -0.4 is 5.32 Å². The lowest BCUT2D eigenvalue weighted by Gasteiger charge is -2.48. The number of guanidine groups is 1. The number of hydrogen-bond donors (Lipinski definition) is 1. The Morgan fingerprint density at radius 1 is 1.21 bits per heavy atom. The number of rotatable bonds is 4. The lowest BCUT2D eigenvalue weighted by atomic mass is 9.83. The van der Waals surface area contributed by atoms with Gasteiger partial charge in [0.2, 0.25) is 0 Å². The molecule has 2 saturated heterocycles. The Morgan fingerprint density at radius 2 is 2.03 bits per heavy atom. The van der Waals surface area contributed by atoms with Crippen LogP contribution in [0.2, 0.25) is 0 Å². The minimum atomic E-state index is 0.681. The van der Waals surface area contributed by atoms with Crippen molar-refractivity contribution in [2.45, 2.75) is 52.2 Å². The maximum atomic E-state index is 5.29. The van der Waals surface area contributed by atoms with Crippen LogP contribution in [0.5, 0.6) is 0 Å². The van der Waals surface area contributed by atoms with Gasteiger partial charge in [-0.2, -0.15) is 0 Å². The Hall–Kier alpha value is -2.34. The molecule has 2 fully saturated rings. The first-order valence-electron chi connectivity index (χ1n) is 10.8. The van der Waals surface area contributed by atoms with E-state index in [1.807, 2.05) is 20.9 Å². The fourth-order valence-corrected chi connectivity index (χ4v) is 4.97. The summed E-state index contributed by atoms with van der Waals surface area (Å²) in [6, 6.07) is 11.6. The van der Waals surface area contributed by atoms with Gasteiger partial charge < -0.3 is 14.7 Å². The average Bonchev–Trinajstić information content (AvgIpc) is 3.07. The molecule has 2 aliphatic heterocycles. The Morgan fingerprint density at radius 3 is 2.76 bits per heavy atom. The summed E-state index contributed by atoms with van der Waals surface area (Å²) in [5, 5.41) is 7.59. The van der Waals surface area contributed by atoms with Gasteiger partial charge in [0.1, 0.15) is 5.76 Å². The van der Waals surface area contributed by atoms with Crippen molar-refractivity contribution in [3.63, 3.8) is 0 Å². The molecule has 29 heavy (non-hydrogen) atoms. The molecule has 0 saturated carbocycles. The van der Waals surface area contributed by atoms with E-state index in [0.717, 1.165) is 42.6 Å². The largest absolute Gasteiger partial charge is 0.361 e. The van der Waals surface area contributed by atoms with Gasteiger partial charge in [-0.3, -0.25) is 9.89 Å². The number of hydrogen-bond acceptors (Lipinski definition) is 4. The minimum absolute atomic E-state index is 0.681. The number of likely N-dealkylation sites (tertiary alicyclic amines) is 2. The van der Waals surface area contributed by atoms with Gasteiger partial charge in [0.15, 0.2) is 5.96 Å². The highest BCUT2D eigenvalue weighted by Crippen LogP contribution is 2.31. The lowest BCUT2D eigenvalue weighted by molar-refractivity contribution is 0.0372. The van der Waals surface area contributed by atoms with E-state index in [0.29, 0.717) is 18.5 Å². The summed E-state index contributed by atoms with van der Waals surface area (Å²) in [6.07, 6.45) is 3.80. The Balaban J connectivity index is 1.37. The topological polar surface area (TPSA) is 56.9 Å². The van der Waals surface area contributed by atoms with Gasteiger partial charge in [0, 0.05) is 44.8 Å². The molecular formula is C23H33N5O. The molecule has 6 nitrogen and oxygen atoms in total. The van der Waals surface area contributed by atoms with E-state index in [9.17, 15) is 0 Å². The van der Waals surface area contributed by atoms with Crippen molar-refractivity contribution in [3.8, 4) is 0 Å². The first-order valence-corrected chi connectivity index (χ1v) is 10.8. The summed E-state index contributed by atoms with van der Waals surface area (Å²) in [7, 11) is 1.88. The van der Waals surface area contributed by atoms with Crippen LogP contribution in [0.4, 0.5) is 0 Å². The zero-order chi connectivity index (χ0) is 20.2. The van der Waals surface area contributed by atoms with E-state index >= 15 is 0 Å². The predicted octanol–water partition coefficient (Wildman–Crippen LogP) is 3.35. The molecule has 2 aromatic rings. The molecule has 1 N–H and O–H groups in total. The molecule has 0 radical (unpaired) electrons. The fraction of sp³-hybridized carbons (Fsp3) is 0.565. The SMILES string of the molecule is CN=C(NCc1c(C)noc1C)N1CCC2C(CCCN2Cc2ccccc2)C1. The average molecular weight is 396 g/mol. The number of benzene rings is 1. The van der Waals surface area contributed by atoms with Crippen LogP contribution in [0.15, 0.2) is 39.8 Å². The van der Waals surface area contributed by atoms with Gasteiger partial charge in [-0.25, -0.2) is 0 Å². The van der Waals surface area contributed by atoms with Crippen molar-refractivity contribution in [3.05, 3.63) is 52.9 Å². The van der Waals surface area contributed by atoms with Crippen molar-refractivity contribution in [2.75, 3.05) is 26.7 Å². The maximum absolute atomic E-state index is 5.29. The normalized spacial score (nSPS) is 23.1. The van der Waals surface area contributed by atoms with Gasteiger partial charge in [0.05, 0.1) is 5.69 Å². The van der Waals surface area contributed by atoms with Crippen LogP contribution in [0, 0.1) is 19.8 Å². The second-order valence-corrected chi connectivity index (χ2v) is 8.36. The molecule has 6 heteroatoms. The Kier molecular flexibility index (Phi) is 6.19. The number of nitrogens with zero attached hydrogens (tertiary/aromatic N) is 4. The van der Waals surface area contributed by atoms with Crippen molar-refractivity contribution in [1.82, 2.24) is 20.3 Å². The van der Waals surface area contributed by atoms with Crippen LogP contribution in [-0.4, -0.2) is 53.6 Å². The summed E-state index contributed by atoms with van der Waals surface area (Å²) in [5.41, 5.74) is 3.51. The van der Waals surface area contributed by atoms with Crippen LogP contribution in [0.1, 0.15) is 41.8 Å². The Bertz CT molecular complexity index is 812. The molecule has 2 unspecified atom stereocenters. The smallest absolute Gasteiger partial charge is 0.193 e. The number of aromatic nitrogens is 1. The molecule has 0 spiro atoms. The first-order chi connectivity index (χ1) is 14.2. The summed E-state index contributed by atoms with van der Waals surface area (Å²) >= 11 is 0. The summed E-state index contributed by atoms with van der Waals surface area (Å²) < 4.78 is 5.29. The number of fused-ring (bicyclic) bond motifs is 1. The van der Waals surface area contributed by atoms with E-state index in [2.05, 4.69) is 55.6 Å². The van der Waals surface area contributed by atoms with Crippen LogP contribution in [0.25, 0.3) is 0 Å². The summed E-state index contributed by atoms with van der Waals surface area (Å²) in [5.74, 6) is 2.58. The minimum Gasteiger partial charge on any atom is -0.361 e. The third-order valence-electron chi connectivity index (χ3n) is 6.53. The third kappa shape index (κ3) is 4.47. The molecule has 0 amide bonds. The highest BCUT2D eigenvalue weighted by molar-refractivity contribution is 5.80. The molecule has 1 aromatic heterocycles. The maximum Gasteiger partial charge on any atom is 0.193 e. The molecular weight excluding hydrogens is 362 g/mol. The van der Waals surface area contributed by atoms with Crippen LogP contribution in [-0.2, 0) is 13.1 Å². The van der Waals surface area contributed by atoms with Crippen molar-refractivity contribution in [1.29, 1.82) is 0 Å². The van der Waals surface area contributed by atoms with E-state index < -0.39 is 0 Å². The van der Waals surface area contributed by atoms with Crippen molar-refractivity contribution >= 4 is 5.96 Å². The molecule has 1 aromatic carbocycles. The first kappa shape index (κ1) is 20.0. The summed E-state index contributed by atoms with van der Waals surface area (Å²) in [6.45, 7) is 9.08. The zero-order valence-electron chi connectivity index (χ0n) is 17.9. The molecule has 0 bridgehead atoms. The molecule has 2 atom stereocenters. The second-order valence-electron chi connectivity index (χ2n) is 8.36. The number of nitrogens with one attached hydrogen (secondary N) is 1. The highest BCUT2D eigenvalue weighted by Gasteiger charge is 2.36. The number of piperidine rings is 2. The predicted molar refractivity (Wildman–Crippen MR) is 116 cm³/mol. The quantitative estimate of drug-likeness (QED) is 0.636. The molecule has 156 valence electrons. The third-order valence-corrected chi connectivity index (χ3v) is 6.53. The molecule has 3 heterocycles. The van der Waals surface area contributed by atoms with Gasteiger partial charge in [0.25, 0.3) is 0 Å². The lowest BCUT2D eigenvalue weighted by Crippen LogP contribution is -2.56. The van der Waals surface area contributed by atoms with Crippen LogP contribution in [0.3, 0.4) is 0 Å². The van der Waals surface area contributed by atoms with Gasteiger partial charge in [-0.15, -0.1) is 0 Å². The van der Waals surface area contributed by atoms with Crippen LogP contribution >= 0.6 is 0 Å². The second kappa shape index (κ2) is 8.99.